The van der Waals surface area contributed by atoms with Gasteiger partial charge in [-0.05, 0) is 73.8 Å². The summed E-state index contributed by atoms with van der Waals surface area (Å²) in [7, 11) is 0. The standard InChI is InChI=1S/C25H35NO2/c1-5-21(19-10-7-6-8-11-19)25-15-20(24(4,28)16-25)14-18(2)22(25)23(3,17-27)12-9-13-26/h5-8,10-11,18,20,22,27-28H,9,12,14-17H2,1-4H3/b21-5-/t18?,20?,22?,23-,24?,25?/m1/s1. The molecular weight excluding hydrogens is 346 g/mol. The van der Waals surface area contributed by atoms with E-state index in [0.717, 1.165) is 19.3 Å². The first kappa shape index (κ1) is 21.1. The topological polar surface area (TPSA) is 64.2 Å². The van der Waals surface area contributed by atoms with Crippen LogP contribution in [0.3, 0.4) is 0 Å². The molecule has 0 saturated heterocycles. The van der Waals surface area contributed by atoms with Crippen LogP contribution in [0.5, 0.6) is 0 Å². The lowest BCUT2D eigenvalue weighted by Gasteiger charge is -2.54. The van der Waals surface area contributed by atoms with Gasteiger partial charge in [0.25, 0.3) is 0 Å². The van der Waals surface area contributed by atoms with Crippen LogP contribution in [-0.2, 0) is 0 Å². The maximum atomic E-state index is 11.3. The van der Waals surface area contributed by atoms with Crippen LogP contribution in [0.15, 0.2) is 36.4 Å². The number of aliphatic hydroxyl groups excluding tert-OH is 1. The highest BCUT2D eigenvalue weighted by atomic mass is 16.3. The van der Waals surface area contributed by atoms with E-state index in [-0.39, 0.29) is 29.3 Å². The number of nitriles is 1. The summed E-state index contributed by atoms with van der Waals surface area (Å²) < 4.78 is 0. The van der Waals surface area contributed by atoms with Gasteiger partial charge in [-0.3, -0.25) is 0 Å². The van der Waals surface area contributed by atoms with Gasteiger partial charge in [-0.1, -0.05) is 50.3 Å². The third-order valence-corrected chi connectivity index (χ3v) is 7.81. The summed E-state index contributed by atoms with van der Waals surface area (Å²) >= 11 is 0. The summed E-state index contributed by atoms with van der Waals surface area (Å²) in [5, 5.41) is 31.0. The summed E-state index contributed by atoms with van der Waals surface area (Å²) in [5.74, 6) is 0.869. The molecule has 0 amide bonds. The van der Waals surface area contributed by atoms with Gasteiger partial charge in [-0.2, -0.15) is 5.26 Å². The van der Waals surface area contributed by atoms with E-state index < -0.39 is 5.60 Å². The molecule has 0 radical (unpaired) electrons. The number of aliphatic hydroxyl groups is 2. The molecule has 5 unspecified atom stereocenters. The van der Waals surface area contributed by atoms with Crippen molar-refractivity contribution < 1.29 is 10.2 Å². The molecule has 3 rings (SSSR count). The van der Waals surface area contributed by atoms with E-state index >= 15 is 0 Å². The second-order valence-electron chi connectivity index (χ2n) is 9.82. The third-order valence-electron chi connectivity index (χ3n) is 7.81. The molecule has 2 saturated carbocycles. The number of fused-ring (bicyclic) bond motifs is 2. The average molecular weight is 382 g/mol. The molecule has 3 nitrogen and oxygen atoms in total. The fourth-order valence-electron chi connectivity index (χ4n) is 6.98. The Morgan fingerprint density at radius 2 is 2.04 bits per heavy atom. The highest BCUT2D eigenvalue weighted by Crippen LogP contribution is 2.69. The van der Waals surface area contributed by atoms with Crippen LogP contribution in [0.2, 0.25) is 0 Å². The minimum atomic E-state index is -0.697. The van der Waals surface area contributed by atoms with E-state index in [4.69, 9.17) is 0 Å². The molecule has 2 aliphatic rings. The number of hydrogen-bond acceptors (Lipinski definition) is 3. The quantitative estimate of drug-likeness (QED) is 0.712. The van der Waals surface area contributed by atoms with Crippen LogP contribution < -0.4 is 0 Å². The summed E-state index contributed by atoms with van der Waals surface area (Å²) in [5.41, 5.74) is 1.28. The Morgan fingerprint density at radius 1 is 1.36 bits per heavy atom. The molecule has 28 heavy (non-hydrogen) atoms. The molecule has 6 atom stereocenters. The molecule has 152 valence electrons. The van der Waals surface area contributed by atoms with Crippen LogP contribution in [0, 0.1) is 39.9 Å². The molecule has 0 aromatic heterocycles. The highest BCUT2D eigenvalue weighted by molar-refractivity contribution is 5.71. The fourth-order valence-corrected chi connectivity index (χ4v) is 6.98. The summed E-state index contributed by atoms with van der Waals surface area (Å²) in [6.07, 6.45) is 6.01. The van der Waals surface area contributed by atoms with Crippen LogP contribution in [0.25, 0.3) is 5.57 Å². The Morgan fingerprint density at radius 3 is 2.61 bits per heavy atom. The summed E-state index contributed by atoms with van der Waals surface area (Å²) in [6.45, 7) is 8.60. The number of hydrogen-bond donors (Lipinski definition) is 2. The van der Waals surface area contributed by atoms with E-state index in [0.29, 0.717) is 18.8 Å². The molecule has 2 N–H and O–H groups in total. The smallest absolute Gasteiger partial charge is 0.0656 e. The van der Waals surface area contributed by atoms with Gasteiger partial charge in [0.15, 0.2) is 0 Å². The Balaban J connectivity index is 2.18. The van der Waals surface area contributed by atoms with Gasteiger partial charge in [-0.25, -0.2) is 0 Å². The van der Waals surface area contributed by atoms with Crippen molar-refractivity contribution in [3.05, 3.63) is 42.0 Å². The van der Waals surface area contributed by atoms with Crippen molar-refractivity contribution >= 4 is 5.57 Å². The molecule has 1 aromatic carbocycles. The molecule has 0 heterocycles. The van der Waals surface area contributed by atoms with E-state index in [1.165, 1.54) is 11.1 Å². The Kier molecular flexibility index (Phi) is 5.76. The first-order valence-electron chi connectivity index (χ1n) is 10.7. The molecule has 2 fully saturated rings. The predicted molar refractivity (Wildman–Crippen MR) is 113 cm³/mol. The van der Waals surface area contributed by atoms with Gasteiger partial charge in [0, 0.05) is 18.4 Å². The van der Waals surface area contributed by atoms with Crippen molar-refractivity contribution in [2.24, 2.45) is 28.6 Å². The largest absolute Gasteiger partial charge is 0.396 e. The minimum absolute atomic E-state index is 0.0734. The number of benzene rings is 1. The first-order valence-corrected chi connectivity index (χ1v) is 10.7. The van der Waals surface area contributed by atoms with E-state index in [1.54, 1.807) is 0 Å². The number of rotatable bonds is 6. The lowest BCUT2D eigenvalue weighted by Crippen LogP contribution is -2.48. The SMILES string of the molecule is C/C=C(/c1ccccc1)C12CC(CC(C)C1[C@@](C)(CO)CCC#N)C(C)(O)C2. The number of allylic oxidation sites excluding steroid dienone is 2. The molecule has 3 heteroatoms. The summed E-state index contributed by atoms with van der Waals surface area (Å²) in [6, 6.07) is 12.8. The minimum Gasteiger partial charge on any atom is -0.396 e. The van der Waals surface area contributed by atoms with Crippen molar-refractivity contribution in [2.75, 3.05) is 6.61 Å². The lowest BCUT2D eigenvalue weighted by molar-refractivity contribution is -0.0398. The van der Waals surface area contributed by atoms with E-state index in [1.807, 2.05) is 13.0 Å². The van der Waals surface area contributed by atoms with Crippen LogP contribution >= 0.6 is 0 Å². The van der Waals surface area contributed by atoms with Crippen molar-refractivity contribution in [3.63, 3.8) is 0 Å². The Bertz CT molecular complexity index is 763. The predicted octanol–water partition coefficient (Wildman–Crippen LogP) is 5.20. The van der Waals surface area contributed by atoms with Crippen molar-refractivity contribution in [3.8, 4) is 6.07 Å². The van der Waals surface area contributed by atoms with Crippen LogP contribution in [0.4, 0.5) is 0 Å². The average Bonchev–Trinajstić information content (AvgIpc) is 2.87. The van der Waals surface area contributed by atoms with Crippen LogP contribution in [0.1, 0.15) is 65.4 Å². The zero-order chi connectivity index (χ0) is 20.6. The van der Waals surface area contributed by atoms with Gasteiger partial charge in [0.2, 0.25) is 0 Å². The van der Waals surface area contributed by atoms with Crippen molar-refractivity contribution in [1.82, 2.24) is 0 Å². The first-order chi connectivity index (χ1) is 13.2. The van der Waals surface area contributed by atoms with E-state index in [2.05, 4.69) is 57.2 Å². The van der Waals surface area contributed by atoms with Gasteiger partial charge in [-0.15, -0.1) is 0 Å². The zero-order valence-corrected chi connectivity index (χ0v) is 17.8. The van der Waals surface area contributed by atoms with E-state index in [9.17, 15) is 15.5 Å². The number of nitrogens with zero attached hydrogens (tertiary/aromatic N) is 1. The molecule has 2 bridgehead atoms. The molecule has 0 spiro atoms. The van der Waals surface area contributed by atoms with Gasteiger partial charge in [0.05, 0.1) is 11.7 Å². The summed E-state index contributed by atoms with van der Waals surface area (Å²) in [4.78, 5) is 0. The monoisotopic (exact) mass is 381 g/mol. The maximum absolute atomic E-state index is 11.3. The maximum Gasteiger partial charge on any atom is 0.0656 e. The Hall–Kier alpha value is -1.63. The van der Waals surface area contributed by atoms with Crippen molar-refractivity contribution in [2.45, 2.75) is 65.4 Å². The second-order valence-corrected chi connectivity index (χ2v) is 9.82. The van der Waals surface area contributed by atoms with Crippen molar-refractivity contribution in [1.29, 1.82) is 5.26 Å². The lowest BCUT2D eigenvalue weighted by atomic mass is 9.50. The second kappa shape index (κ2) is 7.65. The molecular formula is C25H35NO2. The third kappa shape index (κ3) is 3.31. The van der Waals surface area contributed by atoms with Gasteiger partial charge in [0.1, 0.15) is 0 Å². The molecule has 2 aliphatic carbocycles. The van der Waals surface area contributed by atoms with Crippen LogP contribution in [-0.4, -0.2) is 22.4 Å². The van der Waals surface area contributed by atoms with Gasteiger partial charge < -0.3 is 10.2 Å². The Labute approximate surface area is 170 Å². The fraction of sp³-hybridized carbons (Fsp3) is 0.640. The van der Waals surface area contributed by atoms with Gasteiger partial charge >= 0.3 is 0 Å². The highest BCUT2D eigenvalue weighted by Gasteiger charge is 2.64. The molecule has 0 aliphatic heterocycles. The normalized spacial score (nSPS) is 37.3. The molecule has 1 aromatic rings. The zero-order valence-electron chi connectivity index (χ0n) is 17.8.